The van der Waals surface area contributed by atoms with E-state index in [-0.39, 0.29) is 11.7 Å². The molecule has 1 aromatic carbocycles. The summed E-state index contributed by atoms with van der Waals surface area (Å²) in [4.78, 5) is 12.7. The molecule has 0 radical (unpaired) electrons. The Labute approximate surface area is 95.3 Å². The lowest BCUT2D eigenvalue weighted by atomic mass is 10.1. The molecule has 0 spiro atoms. The van der Waals surface area contributed by atoms with Gasteiger partial charge in [-0.15, -0.1) is 0 Å². The van der Waals surface area contributed by atoms with Gasteiger partial charge in [0.05, 0.1) is 6.54 Å². The van der Waals surface area contributed by atoms with Crippen molar-refractivity contribution in [3.05, 3.63) is 35.6 Å². The molecule has 1 rings (SSSR count). The lowest BCUT2D eigenvalue weighted by molar-refractivity contribution is -0.127. The Morgan fingerprint density at radius 2 is 2.06 bits per heavy atom. The summed E-state index contributed by atoms with van der Waals surface area (Å²) < 4.78 is 13.2. The lowest BCUT2D eigenvalue weighted by Gasteiger charge is -2.10. The number of rotatable bonds is 5. The minimum absolute atomic E-state index is 0.0218. The largest absolute Gasteiger partial charge is 0.348 e. The molecule has 0 aliphatic carbocycles. The maximum absolute atomic E-state index is 13.2. The fraction of sp³-hybridized carbons (Fsp3) is 0.417. The van der Waals surface area contributed by atoms with Crippen LogP contribution in [0.1, 0.15) is 5.56 Å². The molecule has 3 nitrogen and oxygen atoms in total. The molecule has 0 aromatic heterocycles. The van der Waals surface area contributed by atoms with Crippen molar-refractivity contribution in [3.63, 3.8) is 0 Å². The average molecular weight is 224 g/mol. The van der Waals surface area contributed by atoms with Gasteiger partial charge in [-0.05, 0) is 24.6 Å². The second-order valence-corrected chi connectivity index (χ2v) is 3.81. The van der Waals surface area contributed by atoms with Crippen LogP contribution in [0.5, 0.6) is 0 Å². The van der Waals surface area contributed by atoms with Crippen molar-refractivity contribution in [2.45, 2.75) is 6.42 Å². The van der Waals surface area contributed by atoms with Gasteiger partial charge in [-0.3, -0.25) is 4.79 Å². The zero-order valence-corrected chi connectivity index (χ0v) is 9.66. The van der Waals surface area contributed by atoms with Gasteiger partial charge in [-0.2, -0.15) is 0 Å². The van der Waals surface area contributed by atoms with Gasteiger partial charge in [0.25, 0.3) is 0 Å². The van der Waals surface area contributed by atoms with Gasteiger partial charge in [0, 0.05) is 14.1 Å². The number of carbonyl (C=O) groups is 1. The number of nitrogens with one attached hydrogen (secondary N) is 1. The Bertz CT molecular complexity index is 353. The zero-order chi connectivity index (χ0) is 12.0. The topological polar surface area (TPSA) is 32.3 Å². The van der Waals surface area contributed by atoms with Crippen molar-refractivity contribution in [2.75, 3.05) is 27.2 Å². The standard InChI is InChI=1S/C12H17FN2O/c1-15(2)12(16)9-14-8-7-10-5-3-4-6-11(10)13/h3-6,14H,7-9H2,1-2H3. The van der Waals surface area contributed by atoms with E-state index in [9.17, 15) is 9.18 Å². The van der Waals surface area contributed by atoms with Crippen LogP contribution < -0.4 is 5.32 Å². The molecule has 0 fully saturated rings. The number of carbonyl (C=O) groups excluding carboxylic acids is 1. The van der Waals surface area contributed by atoms with E-state index < -0.39 is 0 Å². The van der Waals surface area contributed by atoms with Crippen LogP contribution in [0.2, 0.25) is 0 Å². The Hall–Kier alpha value is -1.42. The smallest absolute Gasteiger partial charge is 0.236 e. The SMILES string of the molecule is CN(C)C(=O)CNCCc1ccccc1F. The molecule has 0 aliphatic heterocycles. The maximum atomic E-state index is 13.2. The maximum Gasteiger partial charge on any atom is 0.236 e. The monoisotopic (exact) mass is 224 g/mol. The van der Waals surface area contributed by atoms with Gasteiger partial charge in [-0.25, -0.2) is 4.39 Å². The number of nitrogens with zero attached hydrogens (tertiary/aromatic N) is 1. The van der Waals surface area contributed by atoms with Crippen LogP contribution in [0.3, 0.4) is 0 Å². The summed E-state index contributed by atoms with van der Waals surface area (Å²) in [5.41, 5.74) is 0.673. The Kier molecular flexibility index (Phi) is 4.92. The van der Waals surface area contributed by atoms with Gasteiger partial charge in [0.1, 0.15) is 5.82 Å². The fourth-order valence-electron chi connectivity index (χ4n) is 1.28. The average Bonchev–Trinajstić information content (AvgIpc) is 2.26. The molecule has 0 saturated carbocycles. The Balaban J connectivity index is 2.26. The van der Waals surface area contributed by atoms with Crippen LogP contribution in [-0.4, -0.2) is 38.0 Å². The van der Waals surface area contributed by atoms with E-state index in [4.69, 9.17) is 0 Å². The van der Waals surface area contributed by atoms with E-state index in [0.717, 1.165) is 0 Å². The van der Waals surface area contributed by atoms with Gasteiger partial charge >= 0.3 is 0 Å². The first-order chi connectivity index (χ1) is 7.61. The zero-order valence-electron chi connectivity index (χ0n) is 9.66. The third kappa shape index (κ3) is 3.98. The van der Waals surface area contributed by atoms with Crippen LogP contribution in [0, 0.1) is 5.82 Å². The van der Waals surface area contributed by atoms with Crippen molar-refractivity contribution >= 4 is 5.91 Å². The van der Waals surface area contributed by atoms with Crippen molar-refractivity contribution in [1.29, 1.82) is 0 Å². The van der Waals surface area contributed by atoms with Crippen molar-refractivity contribution in [1.82, 2.24) is 10.2 Å². The minimum Gasteiger partial charge on any atom is -0.348 e. The van der Waals surface area contributed by atoms with Gasteiger partial charge in [-0.1, -0.05) is 18.2 Å². The first-order valence-electron chi connectivity index (χ1n) is 5.25. The van der Waals surface area contributed by atoms with Crippen LogP contribution in [0.4, 0.5) is 4.39 Å². The van der Waals surface area contributed by atoms with Crippen molar-refractivity contribution in [2.24, 2.45) is 0 Å². The number of hydrogen-bond donors (Lipinski definition) is 1. The summed E-state index contributed by atoms with van der Waals surface area (Å²) in [6.07, 6.45) is 0.591. The van der Waals surface area contributed by atoms with Crippen LogP contribution in [0.15, 0.2) is 24.3 Å². The second-order valence-electron chi connectivity index (χ2n) is 3.81. The van der Waals surface area contributed by atoms with Gasteiger partial charge in [0.15, 0.2) is 0 Å². The summed E-state index contributed by atoms with van der Waals surface area (Å²) >= 11 is 0. The van der Waals surface area contributed by atoms with Gasteiger partial charge in [0.2, 0.25) is 5.91 Å². The van der Waals surface area contributed by atoms with Crippen LogP contribution in [-0.2, 0) is 11.2 Å². The van der Waals surface area contributed by atoms with E-state index in [2.05, 4.69) is 5.32 Å². The highest BCUT2D eigenvalue weighted by Gasteiger charge is 2.03. The van der Waals surface area contributed by atoms with Crippen molar-refractivity contribution < 1.29 is 9.18 Å². The highest BCUT2D eigenvalue weighted by molar-refractivity contribution is 5.77. The minimum atomic E-state index is -0.191. The molecule has 0 aliphatic rings. The summed E-state index contributed by atoms with van der Waals surface area (Å²) in [7, 11) is 3.42. The van der Waals surface area contributed by atoms with Gasteiger partial charge < -0.3 is 10.2 Å². The number of amides is 1. The third-order valence-electron chi connectivity index (χ3n) is 2.30. The summed E-state index contributed by atoms with van der Waals surface area (Å²) in [5, 5.41) is 2.98. The molecule has 1 amide bonds. The highest BCUT2D eigenvalue weighted by atomic mass is 19.1. The summed E-state index contributed by atoms with van der Waals surface area (Å²) in [6, 6.07) is 6.68. The second kappa shape index (κ2) is 6.23. The molecule has 88 valence electrons. The van der Waals surface area contributed by atoms with E-state index in [0.29, 0.717) is 25.1 Å². The molecule has 0 heterocycles. The normalized spacial score (nSPS) is 10.2. The first kappa shape index (κ1) is 12.6. The van der Waals surface area contributed by atoms with Crippen molar-refractivity contribution in [3.8, 4) is 0 Å². The lowest BCUT2D eigenvalue weighted by Crippen LogP contribution is -2.33. The van der Waals surface area contributed by atoms with E-state index >= 15 is 0 Å². The summed E-state index contributed by atoms with van der Waals surface area (Å²) in [6.45, 7) is 0.891. The highest BCUT2D eigenvalue weighted by Crippen LogP contribution is 2.05. The van der Waals surface area contributed by atoms with E-state index in [1.54, 1.807) is 26.2 Å². The Morgan fingerprint density at radius 1 is 1.38 bits per heavy atom. The molecular formula is C12H17FN2O. The molecular weight excluding hydrogens is 207 g/mol. The molecule has 0 atom stereocenters. The molecule has 0 saturated heterocycles. The van der Waals surface area contributed by atoms with E-state index in [1.165, 1.54) is 11.0 Å². The molecule has 4 heteroatoms. The molecule has 1 aromatic rings. The Morgan fingerprint density at radius 3 is 2.69 bits per heavy atom. The van der Waals surface area contributed by atoms with E-state index in [1.807, 2.05) is 6.07 Å². The number of halogens is 1. The number of benzene rings is 1. The number of hydrogen-bond acceptors (Lipinski definition) is 2. The first-order valence-corrected chi connectivity index (χ1v) is 5.25. The number of likely N-dealkylation sites (N-methyl/N-ethyl adjacent to an activating group) is 1. The van der Waals surface area contributed by atoms with Crippen LogP contribution in [0.25, 0.3) is 0 Å². The molecule has 0 bridgehead atoms. The predicted octanol–water partition coefficient (Wildman–Crippen LogP) is 1.05. The summed E-state index contributed by atoms with van der Waals surface area (Å²) in [5.74, 6) is -0.170. The predicted molar refractivity (Wildman–Crippen MR) is 61.7 cm³/mol. The fourth-order valence-corrected chi connectivity index (χ4v) is 1.28. The van der Waals surface area contributed by atoms with Crippen LogP contribution >= 0.6 is 0 Å². The third-order valence-corrected chi connectivity index (χ3v) is 2.30. The molecule has 0 unspecified atom stereocenters. The molecule has 1 N–H and O–H groups in total. The quantitative estimate of drug-likeness (QED) is 0.758. The molecule has 16 heavy (non-hydrogen) atoms.